The van der Waals surface area contributed by atoms with Crippen LogP contribution in [0.2, 0.25) is 0 Å². The van der Waals surface area contributed by atoms with Crippen LogP contribution in [0.1, 0.15) is 12.0 Å². The van der Waals surface area contributed by atoms with Crippen LogP contribution in [0.15, 0.2) is 30.3 Å². The third kappa shape index (κ3) is 4.54. The number of ether oxygens (including phenoxy) is 1. The smallest absolute Gasteiger partial charge is 0.407 e. The van der Waals surface area contributed by atoms with Gasteiger partial charge in [0.2, 0.25) is 0 Å². The third-order valence-corrected chi connectivity index (χ3v) is 3.22. The second-order valence-electron chi connectivity index (χ2n) is 4.72. The first-order valence-corrected chi connectivity index (χ1v) is 6.58. The van der Waals surface area contributed by atoms with Gasteiger partial charge in [0.1, 0.15) is 6.61 Å². The minimum absolute atomic E-state index is 0.120. The predicted octanol–water partition coefficient (Wildman–Crippen LogP) is 0.979. The van der Waals surface area contributed by atoms with Crippen LogP contribution in [0.5, 0.6) is 0 Å². The fourth-order valence-electron chi connectivity index (χ4n) is 2.23. The van der Waals surface area contributed by atoms with Crippen molar-refractivity contribution >= 4 is 6.09 Å². The van der Waals surface area contributed by atoms with E-state index in [-0.39, 0.29) is 18.7 Å². The minimum Gasteiger partial charge on any atom is -0.445 e. The van der Waals surface area contributed by atoms with Crippen LogP contribution in [-0.2, 0) is 11.3 Å². The molecule has 5 nitrogen and oxygen atoms in total. The van der Waals surface area contributed by atoms with Gasteiger partial charge in [0, 0.05) is 25.7 Å². The van der Waals surface area contributed by atoms with Gasteiger partial charge in [0.25, 0.3) is 0 Å². The summed E-state index contributed by atoms with van der Waals surface area (Å²) in [5.41, 5.74) is 0.978. The average molecular weight is 264 g/mol. The number of hydrogen-bond donors (Lipinski definition) is 2. The summed E-state index contributed by atoms with van der Waals surface area (Å²) in [6.07, 6.45) is 0.528. The fraction of sp³-hybridized carbons (Fsp3) is 0.500. The molecule has 2 N–H and O–H groups in total. The van der Waals surface area contributed by atoms with Crippen molar-refractivity contribution in [2.75, 3.05) is 26.2 Å². The number of nitrogens with one attached hydrogen (secondary N) is 1. The lowest BCUT2D eigenvalue weighted by molar-refractivity contribution is 0.135. The zero-order valence-electron chi connectivity index (χ0n) is 10.9. The van der Waals surface area contributed by atoms with Gasteiger partial charge in [0.05, 0.1) is 6.61 Å². The molecule has 5 heteroatoms. The Kier molecular flexibility index (Phi) is 5.18. The number of hydrogen-bond acceptors (Lipinski definition) is 4. The number of carbonyl (C=O) groups is 1. The lowest BCUT2D eigenvalue weighted by atomic mass is 10.2. The number of likely N-dealkylation sites (tertiary alicyclic amines) is 1. The molecule has 0 bridgehead atoms. The summed E-state index contributed by atoms with van der Waals surface area (Å²) in [6, 6.07) is 9.73. The van der Waals surface area contributed by atoms with Gasteiger partial charge < -0.3 is 15.2 Å². The summed E-state index contributed by atoms with van der Waals surface area (Å²) >= 11 is 0. The molecular weight excluding hydrogens is 244 g/mol. The summed E-state index contributed by atoms with van der Waals surface area (Å²) in [5, 5.41) is 11.7. The Morgan fingerprint density at radius 2 is 2.21 bits per heavy atom. The maximum Gasteiger partial charge on any atom is 0.407 e. The quantitative estimate of drug-likeness (QED) is 0.832. The normalized spacial score (nSPS) is 19.3. The van der Waals surface area contributed by atoms with Gasteiger partial charge in [-0.2, -0.15) is 0 Å². The van der Waals surface area contributed by atoms with Crippen molar-refractivity contribution in [3.8, 4) is 0 Å². The zero-order valence-corrected chi connectivity index (χ0v) is 10.9. The molecule has 1 aromatic carbocycles. The molecule has 0 unspecified atom stereocenters. The largest absolute Gasteiger partial charge is 0.445 e. The van der Waals surface area contributed by atoms with Crippen molar-refractivity contribution in [2.45, 2.75) is 19.1 Å². The molecule has 0 aromatic heterocycles. The summed E-state index contributed by atoms with van der Waals surface area (Å²) in [5.74, 6) is 0. The Balaban J connectivity index is 1.68. The van der Waals surface area contributed by atoms with E-state index < -0.39 is 0 Å². The number of nitrogens with zero attached hydrogens (tertiary/aromatic N) is 1. The van der Waals surface area contributed by atoms with E-state index in [0.29, 0.717) is 13.2 Å². The molecule has 1 aliphatic rings. The van der Waals surface area contributed by atoms with E-state index in [1.54, 1.807) is 0 Å². The SMILES string of the molecule is O=C(N[C@H]1CCN(CCO)C1)OCc1ccccc1. The van der Waals surface area contributed by atoms with E-state index >= 15 is 0 Å². The maximum absolute atomic E-state index is 11.6. The molecule has 104 valence electrons. The Bertz CT molecular complexity index is 397. The molecule has 1 heterocycles. The number of aliphatic hydroxyl groups is 1. The number of carbonyl (C=O) groups excluding carboxylic acids is 1. The minimum atomic E-state index is -0.375. The van der Waals surface area contributed by atoms with Crippen molar-refractivity contribution < 1.29 is 14.6 Å². The Morgan fingerprint density at radius 3 is 2.95 bits per heavy atom. The molecule has 1 aliphatic heterocycles. The van der Waals surface area contributed by atoms with E-state index in [4.69, 9.17) is 9.84 Å². The van der Waals surface area contributed by atoms with Crippen LogP contribution in [0, 0.1) is 0 Å². The average Bonchev–Trinajstić information content (AvgIpc) is 2.85. The highest BCUT2D eigenvalue weighted by Crippen LogP contribution is 2.08. The van der Waals surface area contributed by atoms with Gasteiger partial charge >= 0.3 is 6.09 Å². The molecule has 0 radical (unpaired) electrons. The van der Waals surface area contributed by atoms with Crippen molar-refractivity contribution in [3.05, 3.63) is 35.9 Å². The second-order valence-corrected chi connectivity index (χ2v) is 4.72. The predicted molar refractivity (Wildman–Crippen MR) is 71.7 cm³/mol. The van der Waals surface area contributed by atoms with Gasteiger partial charge in [-0.3, -0.25) is 4.90 Å². The van der Waals surface area contributed by atoms with Crippen molar-refractivity contribution in [2.24, 2.45) is 0 Å². The second kappa shape index (κ2) is 7.11. The van der Waals surface area contributed by atoms with E-state index in [1.165, 1.54) is 0 Å². The van der Waals surface area contributed by atoms with Crippen LogP contribution in [0.4, 0.5) is 4.79 Å². The number of β-amino-alcohol motifs (C(OH)–C–C–N with tert-alkyl or cyclic N) is 1. The van der Waals surface area contributed by atoms with E-state index in [2.05, 4.69) is 10.2 Å². The molecule has 19 heavy (non-hydrogen) atoms. The van der Waals surface area contributed by atoms with Crippen LogP contribution < -0.4 is 5.32 Å². The monoisotopic (exact) mass is 264 g/mol. The molecule has 2 rings (SSSR count). The van der Waals surface area contributed by atoms with E-state index in [9.17, 15) is 4.79 Å². The molecule has 1 fully saturated rings. The van der Waals surface area contributed by atoms with Crippen molar-refractivity contribution in [1.82, 2.24) is 10.2 Å². The molecule has 1 amide bonds. The number of benzene rings is 1. The third-order valence-electron chi connectivity index (χ3n) is 3.22. The standard InChI is InChI=1S/C14H20N2O3/c17-9-8-16-7-6-13(10-16)15-14(18)19-11-12-4-2-1-3-5-12/h1-5,13,17H,6-11H2,(H,15,18)/t13-/m0/s1. The number of alkyl carbamates (subject to hydrolysis) is 1. The first kappa shape index (κ1) is 13.8. The summed E-state index contributed by atoms with van der Waals surface area (Å²) in [6.45, 7) is 2.80. The summed E-state index contributed by atoms with van der Waals surface area (Å²) in [7, 11) is 0. The summed E-state index contributed by atoms with van der Waals surface area (Å²) < 4.78 is 5.17. The summed E-state index contributed by atoms with van der Waals surface area (Å²) in [4.78, 5) is 13.8. The van der Waals surface area contributed by atoms with E-state index in [0.717, 1.165) is 25.1 Å². The molecule has 0 spiro atoms. The molecule has 1 aromatic rings. The maximum atomic E-state index is 11.6. The number of amides is 1. The zero-order chi connectivity index (χ0) is 13.5. The molecule has 0 saturated carbocycles. The van der Waals surface area contributed by atoms with Crippen LogP contribution in [0.25, 0.3) is 0 Å². The number of rotatable bonds is 5. The topological polar surface area (TPSA) is 61.8 Å². The Hall–Kier alpha value is -1.59. The molecule has 0 aliphatic carbocycles. The van der Waals surface area contributed by atoms with Crippen molar-refractivity contribution in [1.29, 1.82) is 0 Å². The Morgan fingerprint density at radius 1 is 1.42 bits per heavy atom. The highest BCUT2D eigenvalue weighted by molar-refractivity contribution is 5.67. The first-order chi connectivity index (χ1) is 9.28. The molecular formula is C14H20N2O3. The van der Waals surface area contributed by atoms with E-state index in [1.807, 2.05) is 30.3 Å². The van der Waals surface area contributed by atoms with Gasteiger partial charge in [-0.15, -0.1) is 0 Å². The number of aliphatic hydroxyl groups excluding tert-OH is 1. The Labute approximate surface area is 113 Å². The highest BCUT2D eigenvalue weighted by Gasteiger charge is 2.23. The van der Waals surface area contributed by atoms with Crippen LogP contribution in [0.3, 0.4) is 0 Å². The van der Waals surface area contributed by atoms with Crippen molar-refractivity contribution in [3.63, 3.8) is 0 Å². The van der Waals surface area contributed by atoms with Gasteiger partial charge in [-0.25, -0.2) is 4.79 Å². The fourth-order valence-corrected chi connectivity index (χ4v) is 2.23. The lowest BCUT2D eigenvalue weighted by Crippen LogP contribution is -2.37. The van der Waals surface area contributed by atoms with Gasteiger partial charge in [-0.05, 0) is 12.0 Å². The van der Waals surface area contributed by atoms with Crippen LogP contribution in [-0.4, -0.2) is 48.4 Å². The molecule has 1 saturated heterocycles. The lowest BCUT2D eigenvalue weighted by Gasteiger charge is -2.15. The van der Waals surface area contributed by atoms with Crippen LogP contribution >= 0.6 is 0 Å². The van der Waals surface area contributed by atoms with Gasteiger partial charge in [0.15, 0.2) is 0 Å². The van der Waals surface area contributed by atoms with Gasteiger partial charge in [-0.1, -0.05) is 30.3 Å². The highest BCUT2D eigenvalue weighted by atomic mass is 16.5. The molecule has 1 atom stereocenters. The first-order valence-electron chi connectivity index (χ1n) is 6.58.